The van der Waals surface area contributed by atoms with Crippen molar-refractivity contribution >= 4 is 0 Å². The van der Waals surface area contributed by atoms with Crippen LogP contribution in [0.4, 0.5) is 8.78 Å². The molecular weight excluding hydrogens is 204 g/mol. The summed E-state index contributed by atoms with van der Waals surface area (Å²) >= 11 is 0. The molecule has 3 nitrogen and oxygen atoms in total. The quantitative estimate of drug-likeness (QED) is 0.765. The van der Waals surface area contributed by atoms with Crippen molar-refractivity contribution in [3.8, 4) is 17.1 Å². The summed E-state index contributed by atoms with van der Waals surface area (Å²) in [4.78, 5) is 0. The van der Waals surface area contributed by atoms with E-state index < -0.39 is 11.6 Å². The van der Waals surface area contributed by atoms with Crippen molar-refractivity contribution in [2.24, 2.45) is 0 Å². The molecule has 0 N–H and O–H groups in total. The lowest BCUT2D eigenvalue weighted by Crippen LogP contribution is -1.92. The van der Waals surface area contributed by atoms with Gasteiger partial charge >= 0.3 is 0 Å². The summed E-state index contributed by atoms with van der Waals surface area (Å²) in [5, 5.41) is 3.42. The molecule has 0 spiro atoms. The number of hydrogen-bond donors (Lipinski definition) is 0. The lowest BCUT2D eigenvalue weighted by Gasteiger charge is -2.04. The summed E-state index contributed by atoms with van der Waals surface area (Å²) in [7, 11) is 1.27. The van der Waals surface area contributed by atoms with Crippen LogP contribution in [-0.4, -0.2) is 12.3 Å². The third-order valence-corrected chi connectivity index (χ3v) is 1.94. The average Bonchev–Trinajstić information content (AvgIpc) is 2.74. The number of methoxy groups -OCH3 is 1. The van der Waals surface area contributed by atoms with Crippen LogP contribution in [0.25, 0.3) is 11.3 Å². The molecule has 1 heterocycles. The first-order chi connectivity index (χ1) is 7.22. The van der Waals surface area contributed by atoms with Crippen LogP contribution in [0.2, 0.25) is 0 Å². The van der Waals surface area contributed by atoms with Crippen LogP contribution in [0, 0.1) is 11.6 Å². The molecule has 0 radical (unpaired) electrons. The van der Waals surface area contributed by atoms with E-state index in [2.05, 4.69) is 9.89 Å². The van der Waals surface area contributed by atoms with Gasteiger partial charge in [0.15, 0.2) is 17.3 Å². The molecule has 78 valence electrons. The number of aromatic nitrogens is 1. The number of benzene rings is 1. The molecule has 0 amide bonds. The first-order valence-corrected chi connectivity index (χ1v) is 4.16. The lowest BCUT2D eigenvalue weighted by atomic mass is 10.1. The van der Waals surface area contributed by atoms with Gasteiger partial charge in [-0.1, -0.05) is 5.16 Å². The molecule has 15 heavy (non-hydrogen) atoms. The van der Waals surface area contributed by atoms with Gasteiger partial charge in [0.25, 0.3) is 0 Å². The zero-order chi connectivity index (χ0) is 10.8. The Morgan fingerprint density at radius 2 is 2.07 bits per heavy atom. The number of halogens is 2. The normalized spacial score (nSPS) is 10.3. The van der Waals surface area contributed by atoms with E-state index in [0.29, 0.717) is 0 Å². The average molecular weight is 211 g/mol. The van der Waals surface area contributed by atoms with Gasteiger partial charge in [-0.15, -0.1) is 0 Å². The highest BCUT2D eigenvalue weighted by atomic mass is 19.1. The Balaban J connectivity index is 2.55. The van der Waals surface area contributed by atoms with E-state index in [1.54, 1.807) is 0 Å². The number of rotatable bonds is 2. The third kappa shape index (κ3) is 1.68. The van der Waals surface area contributed by atoms with Crippen LogP contribution in [0.15, 0.2) is 28.9 Å². The minimum absolute atomic E-state index is 0.0193. The number of nitrogens with zero attached hydrogens (tertiary/aromatic N) is 1. The molecular formula is C10H7F2NO2. The monoisotopic (exact) mass is 211 g/mol. The maximum Gasteiger partial charge on any atom is 0.169 e. The Morgan fingerprint density at radius 3 is 2.67 bits per heavy atom. The van der Waals surface area contributed by atoms with Gasteiger partial charge in [-0.05, 0) is 6.07 Å². The molecule has 0 fully saturated rings. The highest BCUT2D eigenvalue weighted by molar-refractivity contribution is 5.59. The molecule has 2 rings (SSSR count). The van der Waals surface area contributed by atoms with Crippen LogP contribution >= 0.6 is 0 Å². The van der Waals surface area contributed by atoms with E-state index in [4.69, 9.17) is 4.52 Å². The summed E-state index contributed by atoms with van der Waals surface area (Å²) in [6.45, 7) is 0. The third-order valence-electron chi connectivity index (χ3n) is 1.94. The van der Waals surface area contributed by atoms with Crippen molar-refractivity contribution in [2.45, 2.75) is 0 Å². The van der Waals surface area contributed by atoms with Crippen molar-refractivity contribution in [1.29, 1.82) is 0 Å². The van der Waals surface area contributed by atoms with Gasteiger partial charge in [0.1, 0.15) is 5.82 Å². The molecule has 0 aliphatic heterocycles. The van der Waals surface area contributed by atoms with Gasteiger partial charge in [0.05, 0.1) is 18.9 Å². The number of hydrogen-bond acceptors (Lipinski definition) is 3. The van der Waals surface area contributed by atoms with Crippen LogP contribution in [0.3, 0.4) is 0 Å². The second-order valence-corrected chi connectivity index (χ2v) is 2.84. The maximum absolute atomic E-state index is 13.4. The molecule has 0 aliphatic rings. The van der Waals surface area contributed by atoms with Gasteiger partial charge in [-0.25, -0.2) is 8.78 Å². The maximum atomic E-state index is 13.4. The van der Waals surface area contributed by atoms with Gasteiger partial charge in [-0.2, -0.15) is 0 Å². The fourth-order valence-electron chi connectivity index (χ4n) is 1.23. The summed E-state index contributed by atoms with van der Waals surface area (Å²) in [6.07, 6.45) is 1.36. The molecule has 0 atom stereocenters. The zero-order valence-electron chi connectivity index (χ0n) is 7.83. The molecule has 0 saturated carbocycles. The van der Waals surface area contributed by atoms with Crippen molar-refractivity contribution in [3.05, 3.63) is 36.0 Å². The number of ether oxygens (including phenoxy) is 1. The first kappa shape index (κ1) is 9.64. The van der Waals surface area contributed by atoms with Crippen molar-refractivity contribution in [2.75, 3.05) is 7.11 Å². The Morgan fingerprint density at radius 1 is 1.27 bits per heavy atom. The van der Waals surface area contributed by atoms with Crippen LogP contribution in [0.5, 0.6) is 5.75 Å². The van der Waals surface area contributed by atoms with Crippen LogP contribution in [-0.2, 0) is 0 Å². The van der Waals surface area contributed by atoms with Gasteiger partial charge < -0.3 is 9.26 Å². The molecule has 5 heteroatoms. The zero-order valence-corrected chi connectivity index (χ0v) is 7.83. The Kier molecular flexibility index (Phi) is 2.37. The molecule has 0 bridgehead atoms. The van der Waals surface area contributed by atoms with E-state index in [-0.39, 0.29) is 17.1 Å². The van der Waals surface area contributed by atoms with Gasteiger partial charge in [0, 0.05) is 12.1 Å². The molecule has 1 aromatic heterocycles. The Labute approximate surface area is 84.3 Å². The molecule has 1 aromatic carbocycles. The SMILES string of the molecule is COc1cc(F)c(-c2ccno2)cc1F. The molecule has 2 aromatic rings. The predicted molar refractivity (Wildman–Crippen MR) is 48.4 cm³/mol. The van der Waals surface area contributed by atoms with Gasteiger partial charge in [-0.3, -0.25) is 0 Å². The van der Waals surface area contributed by atoms with Crippen LogP contribution < -0.4 is 4.74 Å². The summed E-state index contributed by atoms with van der Waals surface area (Å²) in [6, 6.07) is 3.42. The minimum atomic E-state index is -0.648. The fourth-order valence-corrected chi connectivity index (χ4v) is 1.23. The second kappa shape index (κ2) is 3.68. The van der Waals surface area contributed by atoms with Gasteiger partial charge in [0.2, 0.25) is 0 Å². The summed E-state index contributed by atoms with van der Waals surface area (Å²) in [5.74, 6) is -1.24. The highest BCUT2D eigenvalue weighted by Crippen LogP contribution is 2.28. The molecule has 0 aliphatic carbocycles. The van der Waals surface area contributed by atoms with E-state index >= 15 is 0 Å². The Bertz CT molecular complexity index is 469. The molecule has 0 unspecified atom stereocenters. The van der Waals surface area contributed by atoms with E-state index in [9.17, 15) is 8.78 Å². The smallest absolute Gasteiger partial charge is 0.169 e. The first-order valence-electron chi connectivity index (χ1n) is 4.16. The van der Waals surface area contributed by atoms with Crippen molar-refractivity contribution in [3.63, 3.8) is 0 Å². The lowest BCUT2D eigenvalue weighted by molar-refractivity contribution is 0.382. The Hall–Kier alpha value is -1.91. The van der Waals surface area contributed by atoms with Crippen molar-refractivity contribution in [1.82, 2.24) is 5.16 Å². The summed E-state index contributed by atoms with van der Waals surface area (Å²) < 4.78 is 36.1. The fraction of sp³-hybridized carbons (Fsp3) is 0.100. The van der Waals surface area contributed by atoms with Crippen molar-refractivity contribution < 1.29 is 18.0 Å². The largest absolute Gasteiger partial charge is 0.494 e. The van der Waals surface area contributed by atoms with E-state index in [1.807, 2.05) is 0 Å². The summed E-state index contributed by atoms with van der Waals surface area (Å²) in [5.41, 5.74) is 0.0193. The highest BCUT2D eigenvalue weighted by Gasteiger charge is 2.14. The topological polar surface area (TPSA) is 35.3 Å². The van der Waals surface area contributed by atoms with Crippen LogP contribution in [0.1, 0.15) is 0 Å². The molecule has 0 saturated heterocycles. The van der Waals surface area contributed by atoms with E-state index in [0.717, 1.165) is 12.1 Å². The predicted octanol–water partition coefficient (Wildman–Crippen LogP) is 2.63. The van der Waals surface area contributed by atoms with E-state index in [1.165, 1.54) is 19.4 Å². The minimum Gasteiger partial charge on any atom is -0.494 e. The second-order valence-electron chi connectivity index (χ2n) is 2.84. The standard InChI is InChI=1S/C10H7F2NO2/c1-14-10-5-7(11)6(4-8(10)12)9-2-3-13-15-9/h2-5H,1H3.